The molecule has 1 aliphatic heterocycles. The van der Waals surface area contributed by atoms with Crippen LogP contribution < -0.4 is 15.4 Å². The number of hydrogen-bond donors (Lipinski definition) is 3. The van der Waals surface area contributed by atoms with Gasteiger partial charge in [-0.15, -0.1) is 11.3 Å². The lowest BCUT2D eigenvalue weighted by Crippen LogP contribution is -2.48. The summed E-state index contributed by atoms with van der Waals surface area (Å²) in [6, 6.07) is 7.23. The molecule has 0 saturated carbocycles. The van der Waals surface area contributed by atoms with Crippen LogP contribution >= 0.6 is 11.3 Å². The lowest BCUT2D eigenvalue weighted by molar-refractivity contribution is -0.00832. The summed E-state index contributed by atoms with van der Waals surface area (Å²) < 4.78 is 40.4. The van der Waals surface area contributed by atoms with E-state index in [-0.39, 0.29) is 53.4 Å². The number of carbonyl (C=O) groups excluding carboxylic acids is 2. The van der Waals surface area contributed by atoms with Crippen molar-refractivity contribution in [3.05, 3.63) is 41.3 Å². The van der Waals surface area contributed by atoms with Crippen LogP contribution in [0.2, 0.25) is 0 Å². The van der Waals surface area contributed by atoms with Crippen molar-refractivity contribution in [2.24, 2.45) is 5.92 Å². The van der Waals surface area contributed by atoms with Gasteiger partial charge in [-0.05, 0) is 76.6 Å². The molecule has 0 aliphatic carbocycles. The molecule has 1 aromatic heterocycles. The molecule has 13 heteroatoms. The van der Waals surface area contributed by atoms with Crippen molar-refractivity contribution in [1.82, 2.24) is 14.5 Å². The van der Waals surface area contributed by atoms with Gasteiger partial charge in [0.15, 0.2) is 0 Å². The number of aliphatic hydroxyl groups is 1. The Balaban J connectivity index is 1.96. The number of benzene rings is 1. The fourth-order valence-electron chi connectivity index (χ4n) is 4.81. The second-order valence-electron chi connectivity index (χ2n) is 11.5. The third-order valence-electron chi connectivity index (χ3n) is 7.33. The fraction of sp³-hybridized carbons (Fsp3) is 0.600. The predicted molar refractivity (Wildman–Crippen MR) is 168 cm³/mol. The van der Waals surface area contributed by atoms with Crippen LogP contribution in [0.1, 0.15) is 64.2 Å². The van der Waals surface area contributed by atoms with Crippen LogP contribution in [0, 0.1) is 5.92 Å². The van der Waals surface area contributed by atoms with Gasteiger partial charge in [0, 0.05) is 44.4 Å². The largest absolute Gasteiger partial charge is 0.490 e. The number of nitrogens with one attached hydrogen (secondary N) is 2. The molecular formula is C30H46N4O7S2. The highest BCUT2D eigenvalue weighted by molar-refractivity contribution is 7.91. The van der Waals surface area contributed by atoms with E-state index in [2.05, 4.69) is 10.6 Å². The quantitative estimate of drug-likeness (QED) is 0.390. The molecule has 0 saturated heterocycles. The molecular weight excluding hydrogens is 592 g/mol. The first-order chi connectivity index (χ1) is 20.3. The third kappa shape index (κ3) is 9.64. The van der Waals surface area contributed by atoms with Crippen molar-refractivity contribution >= 4 is 39.0 Å². The lowest BCUT2D eigenvalue weighted by atomic mass is 10.0. The van der Waals surface area contributed by atoms with Crippen molar-refractivity contribution in [3.63, 3.8) is 0 Å². The van der Waals surface area contributed by atoms with Gasteiger partial charge < -0.3 is 30.1 Å². The number of carbonyl (C=O) groups is 2. The van der Waals surface area contributed by atoms with E-state index in [1.165, 1.54) is 11.4 Å². The first-order valence-corrected chi connectivity index (χ1v) is 17.1. The summed E-state index contributed by atoms with van der Waals surface area (Å²) >= 11 is 1.16. The van der Waals surface area contributed by atoms with Crippen LogP contribution in [0.15, 0.2) is 39.9 Å². The van der Waals surface area contributed by atoms with Crippen molar-refractivity contribution in [2.45, 2.75) is 82.4 Å². The van der Waals surface area contributed by atoms with Crippen molar-refractivity contribution in [2.75, 3.05) is 38.7 Å². The first-order valence-electron chi connectivity index (χ1n) is 14.7. The Morgan fingerprint density at radius 2 is 1.95 bits per heavy atom. The van der Waals surface area contributed by atoms with Crippen LogP contribution in [0.3, 0.4) is 0 Å². The maximum absolute atomic E-state index is 14.2. The van der Waals surface area contributed by atoms with Gasteiger partial charge in [0.05, 0.1) is 30.4 Å². The van der Waals surface area contributed by atoms with Crippen LogP contribution in [0.25, 0.3) is 0 Å². The molecule has 1 aromatic carbocycles. The SMILES string of the molecule is CC(C)NC(=O)Nc1ccc2c(c1)C(=O)N([C@@H](C)CO)C[C@@H](C)[C@H](CN(C)S(=O)(=O)c1cccs1)OCCCC[C@H](C)O2. The number of likely N-dealkylation sites (N-methyl/N-ethyl adjacent to an activating group) is 1. The highest BCUT2D eigenvalue weighted by atomic mass is 32.2. The van der Waals surface area contributed by atoms with Gasteiger partial charge in [0.1, 0.15) is 9.96 Å². The van der Waals surface area contributed by atoms with Gasteiger partial charge in [-0.25, -0.2) is 13.2 Å². The molecule has 43 heavy (non-hydrogen) atoms. The number of rotatable bonds is 8. The Kier molecular flexibility index (Phi) is 12.8. The Morgan fingerprint density at radius 1 is 1.21 bits per heavy atom. The Bertz CT molecular complexity index is 1300. The summed E-state index contributed by atoms with van der Waals surface area (Å²) in [6.07, 6.45) is 1.59. The summed E-state index contributed by atoms with van der Waals surface area (Å²) in [6.45, 7) is 9.75. The van der Waals surface area contributed by atoms with Gasteiger partial charge >= 0.3 is 6.03 Å². The fourth-order valence-corrected chi connectivity index (χ4v) is 7.19. The molecule has 3 rings (SSSR count). The molecule has 240 valence electrons. The molecule has 2 aromatic rings. The minimum Gasteiger partial charge on any atom is -0.490 e. The molecule has 0 unspecified atom stereocenters. The molecule has 4 atom stereocenters. The molecule has 0 spiro atoms. The minimum atomic E-state index is -3.70. The normalized spacial score (nSPS) is 21.6. The number of hydrogen-bond acceptors (Lipinski definition) is 8. The van der Waals surface area contributed by atoms with Crippen LogP contribution in [0.4, 0.5) is 10.5 Å². The number of amides is 3. The standard InChI is InChI=1S/C30H46N4O7S2/c1-20(2)31-30(37)32-24-12-13-26-25(16-24)29(36)34(22(4)19-35)17-21(3)27(40-14-8-7-10-23(5)41-26)18-33(6)43(38,39)28-11-9-15-42-28/h9,11-13,15-16,20-23,27,35H,7-8,10,14,17-19H2,1-6H3,(H2,31,32,37)/t21-,22+,23+,27+/m1/s1. The topological polar surface area (TPSA) is 138 Å². The number of anilines is 1. The molecule has 1 aliphatic rings. The van der Waals surface area contributed by atoms with Crippen molar-refractivity contribution in [1.29, 1.82) is 0 Å². The van der Waals surface area contributed by atoms with E-state index in [0.29, 0.717) is 18.0 Å². The van der Waals surface area contributed by atoms with Gasteiger partial charge in [-0.1, -0.05) is 13.0 Å². The summed E-state index contributed by atoms with van der Waals surface area (Å²) in [5.74, 6) is -0.274. The van der Waals surface area contributed by atoms with Gasteiger partial charge in [0.25, 0.3) is 15.9 Å². The summed E-state index contributed by atoms with van der Waals surface area (Å²) in [7, 11) is -2.16. The highest BCUT2D eigenvalue weighted by Gasteiger charge is 2.32. The van der Waals surface area contributed by atoms with Gasteiger partial charge in [-0.2, -0.15) is 4.31 Å². The summed E-state index contributed by atoms with van der Waals surface area (Å²) in [4.78, 5) is 28.1. The molecule has 0 radical (unpaired) electrons. The second kappa shape index (κ2) is 15.8. The average Bonchev–Trinajstić information content (AvgIpc) is 3.50. The smallest absolute Gasteiger partial charge is 0.319 e. The molecule has 11 nitrogen and oxygen atoms in total. The lowest BCUT2D eigenvalue weighted by Gasteiger charge is -2.35. The van der Waals surface area contributed by atoms with Gasteiger partial charge in [-0.3, -0.25) is 4.79 Å². The molecule has 3 amide bonds. The van der Waals surface area contributed by atoms with E-state index < -0.39 is 28.2 Å². The van der Waals surface area contributed by atoms with Crippen LogP contribution in [0.5, 0.6) is 5.75 Å². The summed E-state index contributed by atoms with van der Waals surface area (Å²) in [5.41, 5.74) is 0.683. The number of nitrogens with zero attached hydrogens (tertiary/aromatic N) is 2. The number of thiophene rings is 1. The molecule has 0 fully saturated rings. The maximum atomic E-state index is 14.2. The zero-order chi connectivity index (χ0) is 31.7. The van der Waals surface area contributed by atoms with Crippen molar-refractivity contribution in [3.8, 4) is 5.75 Å². The van der Waals surface area contributed by atoms with E-state index in [9.17, 15) is 23.1 Å². The minimum absolute atomic E-state index is 0.0694. The second-order valence-corrected chi connectivity index (χ2v) is 14.7. The predicted octanol–water partition coefficient (Wildman–Crippen LogP) is 4.39. The first kappa shape index (κ1) is 34.8. The average molecular weight is 639 g/mol. The van der Waals surface area contributed by atoms with Crippen LogP contribution in [-0.2, 0) is 14.8 Å². The van der Waals surface area contributed by atoms with E-state index in [1.807, 2.05) is 27.7 Å². The van der Waals surface area contributed by atoms with Crippen LogP contribution in [-0.4, -0.2) is 92.3 Å². The Hall–Kier alpha value is -2.71. The van der Waals surface area contributed by atoms with E-state index in [4.69, 9.17) is 9.47 Å². The molecule has 3 N–H and O–H groups in total. The Labute approximate surface area is 259 Å². The zero-order valence-corrected chi connectivity index (χ0v) is 27.5. The Morgan fingerprint density at radius 3 is 2.60 bits per heavy atom. The number of sulfonamides is 1. The zero-order valence-electron chi connectivity index (χ0n) is 25.9. The number of urea groups is 1. The van der Waals surface area contributed by atoms with Crippen molar-refractivity contribution < 1.29 is 32.6 Å². The van der Waals surface area contributed by atoms with E-state index >= 15 is 0 Å². The summed E-state index contributed by atoms with van der Waals surface area (Å²) in [5, 5.41) is 17.4. The highest BCUT2D eigenvalue weighted by Crippen LogP contribution is 2.29. The van der Waals surface area contributed by atoms with E-state index in [0.717, 1.165) is 30.6 Å². The monoisotopic (exact) mass is 638 g/mol. The number of fused-ring (bicyclic) bond motifs is 1. The number of ether oxygens (including phenoxy) is 2. The number of aliphatic hydroxyl groups excluding tert-OH is 1. The van der Waals surface area contributed by atoms with Gasteiger partial charge in [0.2, 0.25) is 0 Å². The maximum Gasteiger partial charge on any atom is 0.319 e. The third-order valence-corrected chi connectivity index (χ3v) is 10.5. The molecule has 0 bridgehead atoms. The van der Waals surface area contributed by atoms with E-state index in [1.54, 1.807) is 47.5 Å². The molecule has 2 heterocycles.